The van der Waals surface area contributed by atoms with E-state index in [2.05, 4.69) is 23.1 Å². The zero-order valence-electron chi connectivity index (χ0n) is 17.7. The van der Waals surface area contributed by atoms with Crippen molar-refractivity contribution in [3.05, 3.63) is 58.5 Å². The molecule has 3 rings (SSSR count). The monoisotopic (exact) mass is 417 g/mol. The molecular weight excluding hydrogens is 386 g/mol. The van der Waals surface area contributed by atoms with Crippen molar-refractivity contribution in [3.63, 3.8) is 0 Å². The molecule has 0 aliphatic carbocycles. The summed E-state index contributed by atoms with van der Waals surface area (Å²) < 4.78 is 10.8. The molecule has 4 nitrogen and oxygen atoms in total. The third-order valence-corrected chi connectivity index (χ3v) is 6.24. The van der Waals surface area contributed by atoms with E-state index in [-0.39, 0.29) is 12.0 Å². The van der Waals surface area contributed by atoms with Gasteiger partial charge in [0.1, 0.15) is 5.76 Å². The number of carbonyl (C=O) groups is 1. The second kappa shape index (κ2) is 9.82. The summed E-state index contributed by atoms with van der Waals surface area (Å²) in [5, 5.41) is 0.822. The Morgan fingerprint density at radius 1 is 1.28 bits per heavy atom. The van der Waals surface area contributed by atoms with E-state index < -0.39 is 5.41 Å². The zero-order valence-corrected chi connectivity index (χ0v) is 18.5. The molecule has 29 heavy (non-hydrogen) atoms. The minimum Gasteiger partial charge on any atom is -0.469 e. The molecule has 0 N–H and O–H groups in total. The van der Waals surface area contributed by atoms with Gasteiger partial charge in [-0.3, -0.25) is 9.69 Å². The van der Waals surface area contributed by atoms with Gasteiger partial charge in [0.15, 0.2) is 0 Å². The summed E-state index contributed by atoms with van der Waals surface area (Å²) in [6.45, 7) is 8.08. The fourth-order valence-corrected chi connectivity index (χ4v) is 4.41. The Morgan fingerprint density at radius 2 is 2.07 bits per heavy atom. The topological polar surface area (TPSA) is 42.7 Å². The third-order valence-electron chi connectivity index (χ3n) is 5.90. The summed E-state index contributed by atoms with van der Waals surface area (Å²) >= 11 is 6.57. The molecule has 0 fully saturated rings. The Bertz CT molecular complexity index is 814. The molecule has 0 saturated heterocycles. The van der Waals surface area contributed by atoms with E-state index in [1.807, 2.05) is 32.9 Å². The number of rotatable bonds is 9. The van der Waals surface area contributed by atoms with Gasteiger partial charge in [-0.25, -0.2) is 0 Å². The molecular formula is C24H32ClNO3. The van der Waals surface area contributed by atoms with Crippen LogP contribution >= 0.6 is 11.6 Å². The van der Waals surface area contributed by atoms with Crippen LogP contribution in [0.5, 0.6) is 0 Å². The normalized spacial score (nSPS) is 15.7. The Hall–Kier alpha value is -1.78. The van der Waals surface area contributed by atoms with Crippen LogP contribution in [0.25, 0.3) is 0 Å². The number of hydrogen-bond donors (Lipinski definition) is 0. The quantitative estimate of drug-likeness (QED) is 0.360. The van der Waals surface area contributed by atoms with Crippen LogP contribution < -0.4 is 0 Å². The zero-order chi connectivity index (χ0) is 20.9. The van der Waals surface area contributed by atoms with Gasteiger partial charge in [-0.1, -0.05) is 42.6 Å². The van der Waals surface area contributed by atoms with E-state index in [0.29, 0.717) is 6.61 Å². The van der Waals surface area contributed by atoms with Crippen molar-refractivity contribution in [2.75, 3.05) is 13.2 Å². The second-order valence-electron chi connectivity index (χ2n) is 8.48. The summed E-state index contributed by atoms with van der Waals surface area (Å²) in [7, 11) is 0. The average molecular weight is 418 g/mol. The highest BCUT2D eigenvalue weighted by Crippen LogP contribution is 2.36. The van der Waals surface area contributed by atoms with Gasteiger partial charge in [-0.2, -0.15) is 0 Å². The van der Waals surface area contributed by atoms with Gasteiger partial charge in [0.25, 0.3) is 0 Å². The minimum atomic E-state index is -0.438. The molecule has 0 radical (unpaired) electrons. The summed E-state index contributed by atoms with van der Waals surface area (Å²) in [5.41, 5.74) is 2.02. The molecule has 1 unspecified atom stereocenters. The highest BCUT2D eigenvalue weighted by molar-refractivity contribution is 6.31. The Kier molecular flexibility index (Phi) is 7.42. The number of carbonyl (C=O) groups excluding carboxylic acids is 1. The van der Waals surface area contributed by atoms with Crippen molar-refractivity contribution in [1.82, 2.24) is 4.90 Å². The van der Waals surface area contributed by atoms with Crippen molar-refractivity contribution in [2.45, 2.75) is 65.5 Å². The van der Waals surface area contributed by atoms with Crippen molar-refractivity contribution < 1.29 is 13.9 Å². The van der Waals surface area contributed by atoms with Gasteiger partial charge in [-0.15, -0.1) is 0 Å². The van der Waals surface area contributed by atoms with E-state index in [1.54, 1.807) is 6.26 Å². The van der Waals surface area contributed by atoms with Gasteiger partial charge >= 0.3 is 5.97 Å². The first-order chi connectivity index (χ1) is 13.9. The summed E-state index contributed by atoms with van der Waals surface area (Å²) in [5.74, 6) is 1.00. The number of furan rings is 1. The lowest BCUT2D eigenvalue weighted by Gasteiger charge is -2.35. The maximum Gasteiger partial charge on any atom is 0.311 e. The number of fused-ring (bicyclic) bond motifs is 1. The second-order valence-corrected chi connectivity index (χ2v) is 8.88. The molecule has 1 aromatic heterocycles. The van der Waals surface area contributed by atoms with E-state index >= 15 is 0 Å². The molecule has 0 amide bonds. The van der Waals surface area contributed by atoms with E-state index in [1.165, 1.54) is 11.1 Å². The van der Waals surface area contributed by atoms with Crippen LogP contribution in [-0.2, 0) is 22.5 Å². The lowest BCUT2D eigenvalue weighted by Crippen LogP contribution is -2.34. The summed E-state index contributed by atoms with van der Waals surface area (Å²) in [6, 6.07) is 10.5. The minimum absolute atomic E-state index is 0.105. The van der Waals surface area contributed by atoms with Crippen LogP contribution in [0.15, 0.2) is 41.0 Å². The largest absolute Gasteiger partial charge is 0.469 e. The number of unbranched alkanes of at least 4 members (excludes halogenated alkanes) is 1. The first kappa shape index (κ1) is 21.9. The van der Waals surface area contributed by atoms with E-state index in [0.717, 1.165) is 56.0 Å². The van der Waals surface area contributed by atoms with Crippen LogP contribution in [0.2, 0.25) is 5.02 Å². The maximum atomic E-state index is 12.1. The Balaban J connectivity index is 1.65. The third kappa shape index (κ3) is 5.43. The lowest BCUT2D eigenvalue weighted by atomic mass is 9.86. The van der Waals surface area contributed by atoms with Crippen molar-refractivity contribution in [2.24, 2.45) is 5.41 Å². The van der Waals surface area contributed by atoms with Crippen LogP contribution in [0.1, 0.15) is 69.4 Å². The first-order valence-electron chi connectivity index (χ1n) is 10.6. The van der Waals surface area contributed by atoms with Crippen molar-refractivity contribution >= 4 is 17.6 Å². The molecule has 2 heterocycles. The predicted octanol–water partition coefficient (Wildman–Crippen LogP) is 6.18. The predicted molar refractivity (Wildman–Crippen MR) is 116 cm³/mol. The highest BCUT2D eigenvalue weighted by atomic mass is 35.5. The van der Waals surface area contributed by atoms with Gasteiger partial charge in [-0.05, 0) is 51.3 Å². The average Bonchev–Trinajstić information content (AvgIpc) is 3.17. The first-order valence-corrected chi connectivity index (χ1v) is 11.0. The fraction of sp³-hybridized carbons (Fsp3) is 0.542. The van der Waals surface area contributed by atoms with Crippen LogP contribution in [-0.4, -0.2) is 24.0 Å². The summed E-state index contributed by atoms with van der Waals surface area (Å²) in [4.78, 5) is 14.7. The molecule has 1 aliphatic heterocycles. The molecule has 0 spiro atoms. The molecule has 1 aromatic carbocycles. The molecule has 0 saturated carbocycles. The molecule has 1 aliphatic rings. The Labute approximate surface area is 179 Å². The van der Waals surface area contributed by atoms with Gasteiger partial charge in [0.05, 0.1) is 18.3 Å². The number of hydrogen-bond acceptors (Lipinski definition) is 4. The standard InChI is InChI=1S/C24H32ClNO3/c1-4-28-23(27)24(2,3)14-8-7-11-21(19-9-5-6-10-20(19)25)26-15-12-22-18(17-26)13-16-29-22/h5-6,9-10,13,16,21H,4,7-8,11-12,14-15,17H2,1-3H3. The molecule has 2 aromatic rings. The van der Waals surface area contributed by atoms with Crippen LogP contribution in [0, 0.1) is 5.41 Å². The SMILES string of the molecule is CCOC(=O)C(C)(C)CCCCC(c1ccccc1Cl)N1CCc2occc2C1. The van der Waals surface area contributed by atoms with Crippen LogP contribution in [0.3, 0.4) is 0 Å². The smallest absolute Gasteiger partial charge is 0.311 e. The maximum absolute atomic E-state index is 12.1. The van der Waals surface area contributed by atoms with Crippen molar-refractivity contribution in [3.8, 4) is 0 Å². The number of benzene rings is 1. The number of halogens is 1. The van der Waals surface area contributed by atoms with Crippen LogP contribution in [0.4, 0.5) is 0 Å². The molecule has 5 heteroatoms. The molecule has 1 atom stereocenters. The van der Waals surface area contributed by atoms with E-state index in [4.69, 9.17) is 20.8 Å². The number of esters is 1. The van der Waals surface area contributed by atoms with Gasteiger partial charge in [0, 0.05) is 36.1 Å². The number of ether oxygens (including phenoxy) is 1. The fourth-order valence-electron chi connectivity index (χ4n) is 4.15. The van der Waals surface area contributed by atoms with E-state index in [9.17, 15) is 4.79 Å². The summed E-state index contributed by atoms with van der Waals surface area (Å²) in [6.07, 6.45) is 6.57. The van der Waals surface area contributed by atoms with Gasteiger partial charge < -0.3 is 9.15 Å². The van der Waals surface area contributed by atoms with Crippen molar-refractivity contribution in [1.29, 1.82) is 0 Å². The molecule has 158 valence electrons. The van der Waals surface area contributed by atoms with Gasteiger partial charge in [0.2, 0.25) is 0 Å². The highest BCUT2D eigenvalue weighted by Gasteiger charge is 2.30. The lowest BCUT2D eigenvalue weighted by molar-refractivity contribution is -0.153. The Morgan fingerprint density at radius 3 is 2.83 bits per heavy atom. The number of nitrogens with zero attached hydrogens (tertiary/aromatic N) is 1. The molecule has 0 bridgehead atoms.